The van der Waals surface area contributed by atoms with Gasteiger partial charge in [-0.25, -0.2) is 0 Å². The molecule has 4 rings (SSSR count). The van der Waals surface area contributed by atoms with Gasteiger partial charge >= 0.3 is 0 Å². The standard InChI is InChI=1S/C18H14/c1-12-9-15-7-5-13-3-2-4-14-6-8-16(10-12)18(15)11-17(13)14/h2-11,17H,1H3. The van der Waals surface area contributed by atoms with Gasteiger partial charge in [-0.2, -0.15) is 0 Å². The topological polar surface area (TPSA) is 0 Å². The highest BCUT2D eigenvalue weighted by atomic mass is 14.2. The number of aryl methyl sites for hydroxylation is 1. The zero-order chi connectivity index (χ0) is 12.1. The van der Waals surface area contributed by atoms with Gasteiger partial charge in [-0.05, 0) is 39.6 Å². The van der Waals surface area contributed by atoms with Crippen LogP contribution >= 0.6 is 0 Å². The molecule has 0 spiro atoms. The summed E-state index contributed by atoms with van der Waals surface area (Å²) in [6, 6.07) is 4.55. The van der Waals surface area contributed by atoms with Crippen LogP contribution in [-0.2, 0) is 0 Å². The van der Waals surface area contributed by atoms with Crippen LogP contribution in [0.4, 0.5) is 0 Å². The van der Waals surface area contributed by atoms with E-state index in [0.29, 0.717) is 5.92 Å². The predicted molar refractivity (Wildman–Crippen MR) is 77.2 cm³/mol. The molecule has 0 aromatic heterocycles. The third kappa shape index (κ3) is 1.32. The number of hydrogen-bond donors (Lipinski definition) is 0. The number of rotatable bonds is 0. The fraction of sp³-hybridized carbons (Fsp3) is 0.111. The van der Waals surface area contributed by atoms with Gasteiger partial charge in [0.15, 0.2) is 0 Å². The van der Waals surface area contributed by atoms with Crippen LogP contribution < -0.4 is 10.4 Å². The Balaban J connectivity index is 2.20. The summed E-state index contributed by atoms with van der Waals surface area (Å²) in [4.78, 5) is 0. The normalized spacial score (nSPS) is 22.2. The molecule has 3 aliphatic rings. The maximum Gasteiger partial charge on any atom is 0.0278 e. The van der Waals surface area contributed by atoms with Crippen molar-refractivity contribution in [3.05, 3.63) is 75.2 Å². The first-order valence-corrected chi connectivity index (χ1v) is 6.42. The van der Waals surface area contributed by atoms with Crippen molar-refractivity contribution in [2.75, 3.05) is 0 Å². The Morgan fingerprint density at radius 3 is 2.72 bits per heavy atom. The Bertz CT molecular complexity index is 780. The van der Waals surface area contributed by atoms with E-state index < -0.39 is 0 Å². The molecule has 1 aromatic carbocycles. The second-order valence-electron chi connectivity index (χ2n) is 5.19. The van der Waals surface area contributed by atoms with Crippen molar-refractivity contribution in [3.63, 3.8) is 0 Å². The lowest BCUT2D eigenvalue weighted by Crippen LogP contribution is -2.27. The molecule has 0 heterocycles. The van der Waals surface area contributed by atoms with Gasteiger partial charge in [0, 0.05) is 5.92 Å². The minimum atomic E-state index is 0.424. The maximum absolute atomic E-state index is 2.41. The largest absolute Gasteiger partial charge is 0.0642 e. The fourth-order valence-corrected chi connectivity index (χ4v) is 3.04. The highest BCUT2D eigenvalue weighted by molar-refractivity contribution is 5.69. The molecule has 2 bridgehead atoms. The van der Waals surface area contributed by atoms with Crippen molar-refractivity contribution in [1.29, 1.82) is 0 Å². The van der Waals surface area contributed by atoms with Gasteiger partial charge < -0.3 is 0 Å². The maximum atomic E-state index is 2.41. The summed E-state index contributed by atoms with van der Waals surface area (Å²) in [5.74, 6) is 0.424. The van der Waals surface area contributed by atoms with Crippen LogP contribution in [0.5, 0.6) is 0 Å². The molecule has 1 aromatic rings. The van der Waals surface area contributed by atoms with E-state index in [-0.39, 0.29) is 0 Å². The van der Waals surface area contributed by atoms with Gasteiger partial charge in [-0.15, -0.1) is 0 Å². The molecule has 0 amide bonds. The molecule has 0 nitrogen and oxygen atoms in total. The van der Waals surface area contributed by atoms with Crippen LogP contribution in [0.25, 0.3) is 18.2 Å². The van der Waals surface area contributed by atoms with Crippen molar-refractivity contribution in [1.82, 2.24) is 0 Å². The monoisotopic (exact) mass is 230 g/mol. The Hall–Kier alpha value is -2.08. The van der Waals surface area contributed by atoms with E-state index in [1.165, 1.54) is 32.7 Å². The van der Waals surface area contributed by atoms with Crippen molar-refractivity contribution >= 4 is 18.2 Å². The molecular weight excluding hydrogens is 216 g/mol. The summed E-state index contributed by atoms with van der Waals surface area (Å²) in [5, 5.41) is 2.72. The summed E-state index contributed by atoms with van der Waals surface area (Å²) in [7, 11) is 0. The molecule has 0 aliphatic heterocycles. The van der Waals surface area contributed by atoms with Crippen LogP contribution in [0, 0.1) is 12.8 Å². The second-order valence-corrected chi connectivity index (χ2v) is 5.19. The number of hydrogen-bond acceptors (Lipinski definition) is 0. The summed E-state index contributed by atoms with van der Waals surface area (Å²) >= 11 is 0. The van der Waals surface area contributed by atoms with Gasteiger partial charge in [0.1, 0.15) is 0 Å². The molecular formula is C18H14. The fourth-order valence-electron chi connectivity index (χ4n) is 3.04. The van der Waals surface area contributed by atoms with Crippen LogP contribution in [0.15, 0.2) is 53.7 Å². The molecule has 0 saturated carbocycles. The van der Waals surface area contributed by atoms with Gasteiger partial charge in [0.05, 0.1) is 0 Å². The third-order valence-corrected chi connectivity index (χ3v) is 3.93. The number of benzene rings is 1. The highest BCUT2D eigenvalue weighted by Gasteiger charge is 2.18. The Kier molecular flexibility index (Phi) is 1.90. The number of allylic oxidation sites excluding steroid dienone is 7. The molecule has 0 N–H and O–H groups in total. The molecule has 3 aliphatic carbocycles. The lowest BCUT2D eigenvalue weighted by Gasteiger charge is -2.17. The van der Waals surface area contributed by atoms with E-state index in [9.17, 15) is 0 Å². The van der Waals surface area contributed by atoms with E-state index in [0.717, 1.165) is 0 Å². The zero-order valence-corrected chi connectivity index (χ0v) is 10.4. The zero-order valence-electron chi connectivity index (χ0n) is 10.4. The Labute approximate surface area is 107 Å². The summed E-state index contributed by atoms with van der Waals surface area (Å²) < 4.78 is 0. The van der Waals surface area contributed by atoms with E-state index >= 15 is 0 Å². The molecule has 0 radical (unpaired) electrons. The van der Waals surface area contributed by atoms with Crippen molar-refractivity contribution in [2.45, 2.75) is 6.92 Å². The van der Waals surface area contributed by atoms with Crippen molar-refractivity contribution in [2.24, 2.45) is 5.92 Å². The van der Waals surface area contributed by atoms with E-state index in [1.807, 2.05) is 0 Å². The van der Waals surface area contributed by atoms with Crippen molar-refractivity contribution in [3.8, 4) is 0 Å². The molecule has 1 unspecified atom stereocenters. The Morgan fingerprint density at radius 1 is 0.889 bits per heavy atom. The minimum absolute atomic E-state index is 0.424. The second kappa shape index (κ2) is 3.46. The summed E-state index contributed by atoms with van der Waals surface area (Å²) in [6.07, 6.45) is 18.0. The molecule has 0 heteroatoms. The van der Waals surface area contributed by atoms with Gasteiger partial charge in [-0.1, -0.05) is 60.7 Å². The average molecular weight is 230 g/mol. The molecule has 18 heavy (non-hydrogen) atoms. The van der Waals surface area contributed by atoms with Crippen molar-refractivity contribution < 1.29 is 0 Å². The van der Waals surface area contributed by atoms with Crippen LogP contribution in [0.1, 0.15) is 11.1 Å². The first kappa shape index (κ1) is 9.90. The van der Waals surface area contributed by atoms with E-state index in [4.69, 9.17) is 0 Å². The van der Waals surface area contributed by atoms with Crippen LogP contribution in [0.2, 0.25) is 0 Å². The van der Waals surface area contributed by atoms with Gasteiger partial charge in [0.2, 0.25) is 0 Å². The third-order valence-electron chi connectivity index (χ3n) is 3.93. The van der Waals surface area contributed by atoms with Crippen LogP contribution in [-0.4, -0.2) is 0 Å². The molecule has 0 fully saturated rings. The lowest BCUT2D eigenvalue weighted by molar-refractivity contribution is 0.999. The van der Waals surface area contributed by atoms with Gasteiger partial charge in [0.25, 0.3) is 0 Å². The summed E-state index contributed by atoms with van der Waals surface area (Å²) in [5.41, 5.74) is 5.44. The highest BCUT2D eigenvalue weighted by Crippen LogP contribution is 2.30. The predicted octanol–water partition coefficient (Wildman–Crippen LogP) is 2.64. The minimum Gasteiger partial charge on any atom is -0.0642 e. The van der Waals surface area contributed by atoms with Gasteiger partial charge in [-0.3, -0.25) is 0 Å². The first-order chi connectivity index (χ1) is 8.81. The van der Waals surface area contributed by atoms with E-state index in [1.54, 1.807) is 0 Å². The molecule has 86 valence electrons. The average Bonchev–Trinajstić information content (AvgIpc) is 2.66. The molecule has 0 saturated heterocycles. The smallest absolute Gasteiger partial charge is 0.0278 e. The SMILES string of the molecule is Cc1cc2c3c(c1)=CC=C1C=CC=C(C=C2)C1C=3. The lowest BCUT2D eigenvalue weighted by atomic mass is 9.87. The quantitative estimate of drug-likeness (QED) is 0.642. The van der Waals surface area contributed by atoms with E-state index in [2.05, 4.69) is 67.7 Å². The first-order valence-electron chi connectivity index (χ1n) is 6.42. The van der Waals surface area contributed by atoms with Crippen LogP contribution in [0.3, 0.4) is 0 Å². The summed E-state index contributed by atoms with van der Waals surface area (Å²) in [6.45, 7) is 2.17. The Morgan fingerprint density at radius 2 is 1.78 bits per heavy atom. The molecule has 1 atom stereocenters.